The van der Waals surface area contributed by atoms with Gasteiger partial charge in [-0.3, -0.25) is 4.79 Å². The van der Waals surface area contributed by atoms with Crippen LogP contribution in [0.5, 0.6) is 0 Å². The molecule has 3 heteroatoms. The Labute approximate surface area is 77.7 Å². The molecule has 0 aromatic rings. The average molecular weight is 188 g/mol. The number of aliphatic carboxylic acids is 1. The van der Waals surface area contributed by atoms with Crippen molar-refractivity contribution < 1.29 is 9.90 Å². The first kappa shape index (κ1) is 9.90. The molecule has 12 heavy (non-hydrogen) atoms. The topological polar surface area (TPSA) is 37.3 Å². The van der Waals surface area contributed by atoms with Crippen LogP contribution >= 0.6 is 11.8 Å². The van der Waals surface area contributed by atoms with Gasteiger partial charge in [0.25, 0.3) is 0 Å². The highest BCUT2D eigenvalue weighted by atomic mass is 32.2. The SMILES string of the molecule is CCCC(SCC1CC1)C(=O)O. The van der Waals surface area contributed by atoms with Gasteiger partial charge >= 0.3 is 5.97 Å². The van der Waals surface area contributed by atoms with E-state index < -0.39 is 5.97 Å². The number of carbonyl (C=O) groups is 1. The summed E-state index contributed by atoms with van der Waals surface area (Å²) < 4.78 is 0. The van der Waals surface area contributed by atoms with Gasteiger partial charge in [-0.05, 0) is 30.9 Å². The third-order valence-electron chi connectivity index (χ3n) is 2.06. The van der Waals surface area contributed by atoms with Crippen LogP contribution in [0.15, 0.2) is 0 Å². The Hall–Kier alpha value is -0.180. The molecule has 1 saturated carbocycles. The van der Waals surface area contributed by atoms with Crippen molar-refractivity contribution in [1.82, 2.24) is 0 Å². The van der Waals surface area contributed by atoms with E-state index in [9.17, 15) is 4.79 Å². The molecule has 0 amide bonds. The van der Waals surface area contributed by atoms with Crippen molar-refractivity contribution in [3.8, 4) is 0 Å². The van der Waals surface area contributed by atoms with Crippen molar-refractivity contribution in [1.29, 1.82) is 0 Å². The van der Waals surface area contributed by atoms with E-state index in [0.29, 0.717) is 0 Å². The van der Waals surface area contributed by atoms with E-state index in [4.69, 9.17) is 5.11 Å². The van der Waals surface area contributed by atoms with Gasteiger partial charge in [-0.25, -0.2) is 0 Å². The Kier molecular flexibility index (Phi) is 3.92. The molecule has 70 valence electrons. The Morgan fingerprint density at radius 1 is 1.67 bits per heavy atom. The van der Waals surface area contributed by atoms with Crippen LogP contribution in [0, 0.1) is 5.92 Å². The first-order valence-corrected chi connectivity index (χ1v) is 5.63. The lowest BCUT2D eigenvalue weighted by Crippen LogP contribution is -2.16. The smallest absolute Gasteiger partial charge is 0.316 e. The fourth-order valence-electron chi connectivity index (χ4n) is 1.08. The molecule has 1 N–H and O–H groups in total. The second-order valence-electron chi connectivity index (χ2n) is 3.39. The molecule has 1 unspecified atom stereocenters. The molecule has 1 atom stereocenters. The lowest BCUT2D eigenvalue weighted by molar-refractivity contribution is -0.136. The van der Waals surface area contributed by atoms with Crippen molar-refractivity contribution in [3.05, 3.63) is 0 Å². The van der Waals surface area contributed by atoms with Gasteiger partial charge in [0.15, 0.2) is 0 Å². The molecule has 1 aliphatic carbocycles. The molecule has 0 saturated heterocycles. The quantitative estimate of drug-likeness (QED) is 0.695. The highest BCUT2D eigenvalue weighted by Gasteiger charge is 2.25. The third kappa shape index (κ3) is 3.48. The predicted molar refractivity (Wildman–Crippen MR) is 51.5 cm³/mol. The maximum Gasteiger partial charge on any atom is 0.316 e. The summed E-state index contributed by atoms with van der Waals surface area (Å²) in [6.45, 7) is 2.04. The van der Waals surface area contributed by atoms with Crippen molar-refractivity contribution in [2.24, 2.45) is 5.92 Å². The van der Waals surface area contributed by atoms with E-state index in [2.05, 4.69) is 0 Å². The molecule has 2 nitrogen and oxygen atoms in total. The highest BCUT2D eigenvalue weighted by molar-refractivity contribution is 8.00. The van der Waals surface area contributed by atoms with Crippen LogP contribution in [0.4, 0.5) is 0 Å². The van der Waals surface area contributed by atoms with Crippen molar-refractivity contribution in [3.63, 3.8) is 0 Å². The largest absolute Gasteiger partial charge is 0.480 e. The number of hydrogen-bond acceptors (Lipinski definition) is 2. The summed E-state index contributed by atoms with van der Waals surface area (Å²) in [7, 11) is 0. The van der Waals surface area contributed by atoms with E-state index >= 15 is 0 Å². The number of thioether (sulfide) groups is 1. The van der Waals surface area contributed by atoms with Crippen LogP contribution in [-0.4, -0.2) is 22.1 Å². The van der Waals surface area contributed by atoms with Crippen LogP contribution in [-0.2, 0) is 4.79 Å². The average Bonchev–Trinajstić information content (AvgIpc) is 2.80. The molecule has 0 bridgehead atoms. The normalized spacial score (nSPS) is 19.1. The standard InChI is InChI=1S/C9H16O2S/c1-2-3-8(9(10)11)12-6-7-4-5-7/h7-8H,2-6H2,1H3,(H,10,11). The minimum Gasteiger partial charge on any atom is -0.480 e. The summed E-state index contributed by atoms with van der Waals surface area (Å²) in [4.78, 5) is 10.7. The van der Waals surface area contributed by atoms with Gasteiger partial charge in [-0.15, -0.1) is 11.8 Å². The van der Waals surface area contributed by atoms with Gasteiger partial charge in [0, 0.05) is 0 Å². The lowest BCUT2D eigenvalue weighted by atomic mass is 10.2. The zero-order chi connectivity index (χ0) is 8.97. The lowest BCUT2D eigenvalue weighted by Gasteiger charge is -2.09. The Balaban J connectivity index is 2.16. The Morgan fingerprint density at radius 3 is 2.75 bits per heavy atom. The second-order valence-corrected chi connectivity index (χ2v) is 4.63. The predicted octanol–water partition coefficient (Wildman–Crippen LogP) is 2.38. The van der Waals surface area contributed by atoms with Crippen LogP contribution < -0.4 is 0 Å². The highest BCUT2D eigenvalue weighted by Crippen LogP contribution is 2.34. The molecule has 1 aliphatic rings. The molecule has 0 radical (unpaired) electrons. The molecule has 0 aliphatic heterocycles. The van der Waals surface area contributed by atoms with Crippen LogP contribution in [0.25, 0.3) is 0 Å². The molecule has 1 fully saturated rings. The molecule has 0 spiro atoms. The number of carboxylic acids is 1. The molecule has 1 rings (SSSR count). The maximum atomic E-state index is 10.7. The van der Waals surface area contributed by atoms with E-state index in [0.717, 1.165) is 24.5 Å². The first-order chi connectivity index (χ1) is 5.74. The summed E-state index contributed by atoms with van der Waals surface area (Å²) in [5.41, 5.74) is 0. The van der Waals surface area contributed by atoms with E-state index in [1.165, 1.54) is 12.8 Å². The van der Waals surface area contributed by atoms with Crippen LogP contribution in [0.3, 0.4) is 0 Å². The third-order valence-corrected chi connectivity index (χ3v) is 3.56. The van der Waals surface area contributed by atoms with E-state index in [1.807, 2.05) is 6.92 Å². The van der Waals surface area contributed by atoms with Gasteiger partial charge in [0.1, 0.15) is 5.25 Å². The first-order valence-electron chi connectivity index (χ1n) is 4.58. The minimum absolute atomic E-state index is 0.157. The molecular weight excluding hydrogens is 172 g/mol. The fraction of sp³-hybridized carbons (Fsp3) is 0.889. The van der Waals surface area contributed by atoms with E-state index in [1.54, 1.807) is 11.8 Å². The number of rotatable bonds is 6. The maximum absolute atomic E-state index is 10.7. The van der Waals surface area contributed by atoms with Gasteiger partial charge in [-0.2, -0.15) is 0 Å². The summed E-state index contributed by atoms with van der Waals surface area (Å²) >= 11 is 1.63. The van der Waals surface area contributed by atoms with Crippen molar-refractivity contribution in [2.45, 2.75) is 37.9 Å². The van der Waals surface area contributed by atoms with E-state index in [-0.39, 0.29) is 5.25 Å². The zero-order valence-corrected chi connectivity index (χ0v) is 8.27. The Bertz CT molecular complexity index is 155. The summed E-state index contributed by atoms with van der Waals surface area (Å²) in [5.74, 6) is 1.24. The molecule has 0 heterocycles. The molecule has 0 aromatic heterocycles. The van der Waals surface area contributed by atoms with Crippen LogP contribution in [0.1, 0.15) is 32.6 Å². The summed E-state index contributed by atoms with van der Waals surface area (Å²) in [5, 5.41) is 8.66. The van der Waals surface area contributed by atoms with Crippen molar-refractivity contribution in [2.75, 3.05) is 5.75 Å². The summed E-state index contributed by atoms with van der Waals surface area (Å²) in [6.07, 6.45) is 4.40. The fourth-order valence-corrected chi connectivity index (χ4v) is 2.46. The van der Waals surface area contributed by atoms with Gasteiger partial charge in [0.2, 0.25) is 0 Å². The number of carboxylic acid groups (broad SMARTS) is 1. The molecule has 0 aromatic carbocycles. The monoisotopic (exact) mass is 188 g/mol. The minimum atomic E-state index is -0.637. The van der Waals surface area contributed by atoms with Gasteiger partial charge in [0.05, 0.1) is 0 Å². The van der Waals surface area contributed by atoms with Gasteiger partial charge < -0.3 is 5.11 Å². The second kappa shape index (κ2) is 4.75. The summed E-state index contributed by atoms with van der Waals surface area (Å²) in [6, 6.07) is 0. The van der Waals surface area contributed by atoms with Crippen LogP contribution in [0.2, 0.25) is 0 Å². The molecular formula is C9H16O2S. The zero-order valence-electron chi connectivity index (χ0n) is 7.45. The van der Waals surface area contributed by atoms with Crippen molar-refractivity contribution >= 4 is 17.7 Å². The van der Waals surface area contributed by atoms with Gasteiger partial charge in [-0.1, -0.05) is 13.3 Å². The number of hydrogen-bond donors (Lipinski definition) is 1. The Morgan fingerprint density at radius 2 is 2.33 bits per heavy atom.